The number of carboxylic acids is 1. The van der Waals surface area contributed by atoms with Gasteiger partial charge in [-0.2, -0.15) is 0 Å². The molecule has 3 aromatic rings. The molecule has 4 N–H and O–H groups in total. The van der Waals surface area contributed by atoms with Gasteiger partial charge in [0.2, 0.25) is 5.88 Å². The quantitative estimate of drug-likeness (QED) is 0.395. The molecule has 9 heteroatoms. The van der Waals surface area contributed by atoms with Crippen LogP contribution in [0.3, 0.4) is 0 Å². The van der Waals surface area contributed by atoms with E-state index in [4.69, 9.17) is 9.72 Å². The zero-order valence-electron chi connectivity index (χ0n) is 18.4. The van der Waals surface area contributed by atoms with Crippen molar-refractivity contribution in [2.75, 3.05) is 19.0 Å². The fourth-order valence-electron chi connectivity index (χ4n) is 3.88. The molecule has 0 aromatic carbocycles. The number of anilines is 1. The number of carbonyl (C=O) groups excluding carboxylic acids is 1. The van der Waals surface area contributed by atoms with E-state index in [0.29, 0.717) is 17.1 Å². The van der Waals surface area contributed by atoms with Crippen LogP contribution in [-0.4, -0.2) is 45.6 Å². The summed E-state index contributed by atoms with van der Waals surface area (Å²) in [4.78, 5) is 35.9. The predicted molar refractivity (Wildman–Crippen MR) is 122 cm³/mol. The van der Waals surface area contributed by atoms with Crippen LogP contribution >= 0.6 is 0 Å². The van der Waals surface area contributed by atoms with Crippen molar-refractivity contribution in [1.82, 2.24) is 20.3 Å². The third-order valence-electron chi connectivity index (χ3n) is 5.66. The lowest BCUT2D eigenvalue weighted by atomic mass is 10.0. The van der Waals surface area contributed by atoms with E-state index in [1.54, 1.807) is 24.4 Å². The number of hydrogen-bond donors (Lipinski definition) is 4. The van der Waals surface area contributed by atoms with Crippen LogP contribution in [0.2, 0.25) is 0 Å². The number of aryl methyl sites for hydroxylation is 3. The van der Waals surface area contributed by atoms with E-state index in [1.807, 2.05) is 0 Å². The van der Waals surface area contributed by atoms with Crippen molar-refractivity contribution >= 4 is 17.7 Å². The number of aromatic nitrogens is 3. The molecule has 33 heavy (non-hydrogen) atoms. The van der Waals surface area contributed by atoms with E-state index in [0.717, 1.165) is 49.3 Å². The number of H-pyrrole nitrogens is 1. The fourth-order valence-corrected chi connectivity index (χ4v) is 3.88. The Morgan fingerprint density at radius 3 is 2.88 bits per heavy atom. The van der Waals surface area contributed by atoms with Gasteiger partial charge in [0.05, 0.1) is 19.6 Å². The first-order valence-electron chi connectivity index (χ1n) is 10.9. The average Bonchev–Trinajstić information content (AvgIpc) is 3.31. The van der Waals surface area contributed by atoms with Crippen molar-refractivity contribution in [2.45, 2.75) is 38.1 Å². The van der Waals surface area contributed by atoms with Crippen molar-refractivity contribution in [2.24, 2.45) is 0 Å². The lowest BCUT2D eigenvalue weighted by Crippen LogP contribution is -2.30. The first-order chi connectivity index (χ1) is 16.0. The number of fused-ring (bicyclic) bond motifs is 1. The highest BCUT2D eigenvalue weighted by Crippen LogP contribution is 2.21. The molecule has 0 unspecified atom stereocenters. The normalized spacial score (nSPS) is 13.5. The third-order valence-corrected chi connectivity index (χ3v) is 5.66. The lowest BCUT2D eigenvalue weighted by Gasteiger charge is -2.17. The van der Waals surface area contributed by atoms with Gasteiger partial charge in [-0.25, -0.2) is 9.97 Å². The molecule has 0 radical (unpaired) electrons. The highest BCUT2D eigenvalue weighted by atomic mass is 16.5. The molecular formula is C24H27N5O4. The Morgan fingerprint density at radius 1 is 1.24 bits per heavy atom. The number of rotatable bonds is 9. The van der Waals surface area contributed by atoms with Gasteiger partial charge in [-0.15, -0.1) is 0 Å². The van der Waals surface area contributed by atoms with Crippen molar-refractivity contribution in [1.29, 1.82) is 0 Å². The molecule has 1 atom stereocenters. The summed E-state index contributed by atoms with van der Waals surface area (Å²) in [5.41, 5.74) is 4.21. The number of carboxylic acid groups (broad SMARTS) is 1. The Bertz CT molecular complexity index is 1130. The predicted octanol–water partition coefficient (Wildman–Crippen LogP) is 2.90. The fraction of sp³-hybridized carbons (Fsp3) is 0.333. The maximum absolute atomic E-state index is 12.8. The third kappa shape index (κ3) is 5.68. The van der Waals surface area contributed by atoms with E-state index in [2.05, 4.69) is 32.7 Å². The standard InChI is InChI=1S/C24H27N5O4/c1-33-21-9-6-17(14-27-21)19(12-22(30)31)29-24(32)20-11-15(13-26-20)4-7-18-8-5-16-3-2-10-25-23(16)28-18/h5-6,8-9,11,13-14,19,26H,2-4,7,10,12H2,1H3,(H,25,28)(H,29,32)(H,30,31)/t19-/m0/s1. The van der Waals surface area contributed by atoms with Crippen molar-refractivity contribution < 1.29 is 19.4 Å². The van der Waals surface area contributed by atoms with Crippen LogP contribution in [0.4, 0.5) is 5.82 Å². The largest absolute Gasteiger partial charge is 0.481 e. The molecule has 4 heterocycles. The first kappa shape index (κ1) is 22.3. The molecule has 9 nitrogen and oxygen atoms in total. The zero-order valence-corrected chi connectivity index (χ0v) is 18.4. The summed E-state index contributed by atoms with van der Waals surface area (Å²) >= 11 is 0. The molecule has 0 bridgehead atoms. The maximum Gasteiger partial charge on any atom is 0.305 e. The summed E-state index contributed by atoms with van der Waals surface area (Å²) in [6, 6.07) is 8.60. The van der Waals surface area contributed by atoms with Gasteiger partial charge < -0.3 is 25.5 Å². The number of amides is 1. The minimum Gasteiger partial charge on any atom is -0.481 e. The molecule has 0 saturated carbocycles. The molecule has 0 fully saturated rings. The van der Waals surface area contributed by atoms with Crippen LogP contribution in [0.25, 0.3) is 0 Å². The number of hydrogen-bond acceptors (Lipinski definition) is 6. The second kappa shape index (κ2) is 10.2. The second-order valence-electron chi connectivity index (χ2n) is 8.02. The Morgan fingerprint density at radius 2 is 2.12 bits per heavy atom. The zero-order chi connectivity index (χ0) is 23.2. The van der Waals surface area contributed by atoms with Gasteiger partial charge in [0.25, 0.3) is 5.91 Å². The van der Waals surface area contributed by atoms with Gasteiger partial charge in [0, 0.05) is 30.7 Å². The Kier molecular flexibility index (Phi) is 6.87. The Balaban J connectivity index is 1.39. The number of carbonyl (C=O) groups is 2. The number of nitrogens with one attached hydrogen (secondary N) is 3. The van der Waals surface area contributed by atoms with Crippen molar-refractivity contribution in [3.05, 3.63) is 70.8 Å². The minimum absolute atomic E-state index is 0.259. The van der Waals surface area contributed by atoms with E-state index in [9.17, 15) is 14.7 Å². The van der Waals surface area contributed by atoms with E-state index in [-0.39, 0.29) is 12.3 Å². The van der Waals surface area contributed by atoms with Crippen LogP contribution in [0, 0.1) is 0 Å². The second-order valence-corrected chi connectivity index (χ2v) is 8.02. The van der Waals surface area contributed by atoms with Crippen LogP contribution in [0.1, 0.15) is 51.8 Å². The van der Waals surface area contributed by atoms with Gasteiger partial charge in [-0.3, -0.25) is 9.59 Å². The molecule has 3 aromatic heterocycles. The summed E-state index contributed by atoms with van der Waals surface area (Å²) < 4.78 is 5.04. The van der Waals surface area contributed by atoms with Gasteiger partial charge in [0.1, 0.15) is 11.5 Å². The Labute approximate surface area is 191 Å². The molecule has 1 amide bonds. The summed E-state index contributed by atoms with van der Waals surface area (Å²) in [6.07, 6.45) is 6.72. The summed E-state index contributed by atoms with van der Waals surface area (Å²) in [7, 11) is 1.50. The summed E-state index contributed by atoms with van der Waals surface area (Å²) in [6.45, 7) is 0.954. The van der Waals surface area contributed by atoms with Crippen LogP contribution in [-0.2, 0) is 24.1 Å². The van der Waals surface area contributed by atoms with Gasteiger partial charge in [0.15, 0.2) is 0 Å². The minimum atomic E-state index is -1.02. The van der Waals surface area contributed by atoms with Gasteiger partial charge in [-0.1, -0.05) is 12.1 Å². The highest BCUT2D eigenvalue weighted by molar-refractivity contribution is 5.93. The van der Waals surface area contributed by atoms with Gasteiger partial charge >= 0.3 is 5.97 Å². The van der Waals surface area contributed by atoms with Crippen LogP contribution in [0.15, 0.2) is 42.7 Å². The molecule has 4 rings (SSSR count). The SMILES string of the molecule is COc1ccc([C@H](CC(=O)O)NC(=O)c2cc(CCc3ccc4c(n3)NCCC4)c[nH]2)cn1. The van der Waals surface area contributed by atoms with Crippen molar-refractivity contribution in [3.8, 4) is 5.88 Å². The number of methoxy groups -OCH3 is 1. The maximum atomic E-state index is 12.8. The van der Waals surface area contributed by atoms with Gasteiger partial charge in [-0.05, 0) is 54.5 Å². The number of nitrogens with zero attached hydrogens (tertiary/aromatic N) is 2. The molecule has 1 aliphatic heterocycles. The number of ether oxygens (including phenoxy) is 1. The van der Waals surface area contributed by atoms with Crippen molar-refractivity contribution in [3.63, 3.8) is 0 Å². The van der Waals surface area contributed by atoms with Crippen LogP contribution in [0.5, 0.6) is 5.88 Å². The molecule has 172 valence electrons. The number of pyridine rings is 2. The highest BCUT2D eigenvalue weighted by Gasteiger charge is 2.20. The topological polar surface area (TPSA) is 129 Å². The summed E-state index contributed by atoms with van der Waals surface area (Å²) in [5.74, 6) is -0.00232. The molecule has 1 aliphatic rings. The Hall–Kier alpha value is -3.88. The average molecular weight is 450 g/mol. The molecule has 0 saturated heterocycles. The smallest absolute Gasteiger partial charge is 0.305 e. The summed E-state index contributed by atoms with van der Waals surface area (Å²) in [5, 5.41) is 15.4. The lowest BCUT2D eigenvalue weighted by molar-refractivity contribution is -0.137. The molecular weight excluding hydrogens is 422 g/mol. The van der Waals surface area contributed by atoms with Crippen LogP contribution < -0.4 is 15.4 Å². The number of aliphatic carboxylic acids is 1. The monoisotopic (exact) mass is 449 g/mol. The number of aromatic amines is 1. The van der Waals surface area contributed by atoms with E-state index >= 15 is 0 Å². The molecule has 0 spiro atoms. The molecule has 0 aliphatic carbocycles. The first-order valence-corrected chi connectivity index (χ1v) is 10.9. The van der Waals surface area contributed by atoms with E-state index < -0.39 is 12.0 Å². The van der Waals surface area contributed by atoms with E-state index in [1.165, 1.54) is 18.9 Å².